The molecular formula is C35H61ClFN5. The highest BCUT2D eigenvalue weighted by molar-refractivity contribution is 6.39. The molecule has 0 radical (unpaired) electrons. The number of likely N-dealkylation sites (tertiary alicyclic amines) is 1. The molecule has 7 heteroatoms. The lowest BCUT2D eigenvalue weighted by Crippen LogP contribution is -2.45. The fourth-order valence-electron chi connectivity index (χ4n) is 5.27. The minimum absolute atomic E-state index is 0.123. The Morgan fingerprint density at radius 1 is 1.21 bits per heavy atom. The molecule has 0 amide bonds. The molecule has 0 spiro atoms. The van der Waals surface area contributed by atoms with Gasteiger partial charge in [-0.2, -0.15) is 0 Å². The molecule has 1 heterocycles. The fraction of sp³-hybridized carbons (Fsp3) is 0.686. The molecule has 1 fully saturated rings. The van der Waals surface area contributed by atoms with Crippen molar-refractivity contribution >= 4 is 17.8 Å². The number of nitrogens with two attached hydrogens (primary N) is 1. The van der Waals surface area contributed by atoms with Gasteiger partial charge in [-0.1, -0.05) is 63.4 Å². The van der Waals surface area contributed by atoms with E-state index in [0.29, 0.717) is 28.3 Å². The highest BCUT2D eigenvalue weighted by Gasteiger charge is 2.23. The van der Waals surface area contributed by atoms with E-state index in [-0.39, 0.29) is 5.82 Å². The molecule has 1 aliphatic heterocycles. The highest BCUT2D eigenvalue weighted by atomic mass is 35.5. The molecule has 1 aliphatic rings. The van der Waals surface area contributed by atoms with Gasteiger partial charge >= 0.3 is 0 Å². The third kappa shape index (κ3) is 16.8. The van der Waals surface area contributed by atoms with Crippen molar-refractivity contribution < 1.29 is 4.39 Å². The zero-order valence-corrected chi connectivity index (χ0v) is 28.1. The van der Waals surface area contributed by atoms with Crippen LogP contribution in [-0.4, -0.2) is 64.5 Å². The largest absolute Gasteiger partial charge is 0.403 e. The molecule has 5 nitrogen and oxygen atoms in total. The number of rotatable bonds is 21. The van der Waals surface area contributed by atoms with Crippen LogP contribution < -0.4 is 16.4 Å². The number of nitrogens with one attached hydrogen (secondary N) is 2. The van der Waals surface area contributed by atoms with Gasteiger partial charge in [0.1, 0.15) is 5.82 Å². The van der Waals surface area contributed by atoms with Gasteiger partial charge in [-0.25, -0.2) is 4.39 Å². The second kappa shape index (κ2) is 22.8. The first kappa shape index (κ1) is 38.3. The first-order chi connectivity index (χ1) is 20.2. The summed E-state index contributed by atoms with van der Waals surface area (Å²) < 4.78 is 14.0. The molecule has 0 bridgehead atoms. The minimum atomic E-state index is -0.123. The average Bonchev–Trinajstić information content (AvgIpc) is 2.98. The molecule has 2 rings (SSSR count). The van der Waals surface area contributed by atoms with Gasteiger partial charge in [-0.05, 0) is 113 Å². The van der Waals surface area contributed by atoms with Gasteiger partial charge in [0.25, 0.3) is 0 Å². The molecule has 240 valence electrons. The van der Waals surface area contributed by atoms with Gasteiger partial charge in [0.15, 0.2) is 0 Å². The van der Waals surface area contributed by atoms with Crippen LogP contribution in [0.2, 0.25) is 0 Å². The number of hydrogen-bond donors (Lipinski definition) is 3. The van der Waals surface area contributed by atoms with Gasteiger partial charge in [-0.3, -0.25) is 4.99 Å². The molecule has 0 aromatic heterocycles. The minimum Gasteiger partial charge on any atom is -0.403 e. The second-order valence-corrected chi connectivity index (χ2v) is 12.8. The summed E-state index contributed by atoms with van der Waals surface area (Å²) in [5.74, 6) is 1.46. The van der Waals surface area contributed by atoms with E-state index in [0.717, 1.165) is 63.1 Å². The normalized spacial score (nSPS) is 15.4. The Bertz CT molecular complexity index is 909. The average molecular weight is 606 g/mol. The lowest BCUT2D eigenvalue weighted by molar-refractivity contribution is 0.125. The van der Waals surface area contributed by atoms with E-state index < -0.39 is 0 Å². The SMILES string of the molecule is C=CCc1ccc(CCCCC(CCN=C/C(Cl)=C\N)CCNC)cc1F.CCC(C)(CC)CNCCC1CN(C)C1. The number of halogens is 2. The lowest BCUT2D eigenvalue weighted by atomic mass is 9.84. The van der Waals surface area contributed by atoms with Gasteiger partial charge in [0, 0.05) is 38.6 Å². The van der Waals surface area contributed by atoms with E-state index in [2.05, 4.69) is 54.9 Å². The maximum absolute atomic E-state index is 14.0. The van der Waals surface area contributed by atoms with Crippen LogP contribution >= 0.6 is 11.6 Å². The summed E-state index contributed by atoms with van der Waals surface area (Å²) in [6.45, 7) is 17.4. The van der Waals surface area contributed by atoms with Gasteiger partial charge < -0.3 is 21.3 Å². The standard InChI is InChI=1S/C22H33ClFN3.C13H28N2/c1-3-6-20-10-9-19(15-22(20)24)8-5-4-7-18(11-13-26-2)12-14-27-17-21(23)16-25;1-5-13(3,6-2)11-14-8-7-12-9-15(4)10-12/h3,9-10,15-18,26H,1,4-8,11-14,25H2,2H3;12,14H,5-11H2,1-4H3/b21-16+,27-17?;. The van der Waals surface area contributed by atoms with Crippen molar-refractivity contribution in [2.45, 2.75) is 85.0 Å². The van der Waals surface area contributed by atoms with Crippen molar-refractivity contribution in [1.82, 2.24) is 15.5 Å². The highest BCUT2D eigenvalue weighted by Crippen LogP contribution is 2.24. The van der Waals surface area contributed by atoms with Crippen LogP contribution in [0.25, 0.3) is 0 Å². The zero-order valence-electron chi connectivity index (χ0n) is 27.4. The number of benzene rings is 1. The first-order valence-corrected chi connectivity index (χ1v) is 16.6. The van der Waals surface area contributed by atoms with E-state index >= 15 is 0 Å². The number of unbranched alkanes of at least 4 members (excludes halogenated alkanes) is 1. The Labute approximate surface area is 262 Å². The molecule has 1 aromatic rings. The van der Waals surface area contributed by atoms with E-state index in [4.69, 9.17) is 17.3 Å². The number of aliphatic imine (C=N–C) groups is 1. The molecule has 0 aliphatic carbocycles. The van der Waals surface area contributed by atoms with Crippen molar-refractivity contribution in [2.24, 2.45) is 28.0 Å². The van der Waals surface area contributed by atoms with Crippen LogP contribution in [0.15, 0.2) is 47.1 Å². The number of hydrogen-bond acceptors (Lipinski definition) is 5. The Balaban J connectivity index is 0.000000495. The fourth-order valence-corrected chi connectivity index (χ4v) is 5.34. The Hall–Kier alpha value is -1.73. The maximum Gasteiger partial charge on any atom is 0.126 e. The number of nitrogens with zero attached hydrogens (tertiary/aromatic N) is 2. The predicted octanol–water partition coefficient (Wildman–Crippen LogP) is 7.35. The summed E-state index contributed by atoms with van der Waals surface area (Å²) in [4.78, 5) is 6.72. The molecular weight excluding hydrogens is 545 g/mol. The number of aryl methyl sites for hydroxylation is 1. The molecule has 1 saturated heterocycles. The summed E-state index contributed by atoms with van der Waals surface area (Å²) >= 11 is 5.81. The Morgan fingerprint density at radius 2 is 1.95 bits per heavy atom. The van der Waals surface area contributed by atoms with E-state index in [1.807, 2.05) is 19.2 Å². The monoisotopic (exact) mass is 605 g/mol. The van der Waals surface area contributed by atoms with E-state index in [1.54, 1.807) is 18.4 Å². The summed E-state index contributed by atoms with van der Waals surface area (Å²) in [6, 6.07) is 5.57. The van der Waals surface area contributed by atoms with Crippen LogP contribution in [0.1, 0.15) is 83.3 Å². The van der Waals surface area contributed by atoms with Crippen molar-refractivity contribution in [1.29, 1.82) is 0 Å². The lowest BCUT2D eigenvalue weighted by Gasteiger charge is -2.36. The number of allylic oxidation sites excluding steroid dienone is 2. The summed E-state index contributed by atoms with van der Waals surface area (Å²) in [7, 11) is 4.18. The van der Waals surface area contributed by atoms with Crippen molar-refractivity contribution in [3.8, 4) is 0 Å². The van der Waals surface area contributed by atoms with Crippen LogP contribution in [0.3, 0.4) is 0 Å². The van der Waals surface area contributed by atoms with Gasteiger partial charge in [0.2, 0.25) is 0 Å². The second-order valence-electron chi connectivity index (χ2n) is 12.4. The summed E-state index contributed by atoms with van der Waals surface area (Å²) in [5, 5.41) is 7.31. The van der Waals surface area contributed by atoms with Gasteiger partial charge in [0.05, 0.1) is 5.03 Å². The Kier molecular flexibility index (Phi) is 20.8. The van der Waals surface area contributed by atoms with Crippen LogP contribution in [0, 0.1) is 23.1 Å². The molecule has 42 heavy (non-hydrogen) atoms. The quantitative estimate of drug-likeness (QED) is 0.0779. The third-order valence-corrected chi connectivity index (χ3v) is 9.00. The predicted molar refractivity (Wildman–Crippen MR) is 183 cm³/mol. The van der Waals surface area contributed by atoms with Crippen molar-refractivity contribution in [2.75, 3.05) is 53.4 Å². The molecule has 1 aromatic carbocycles. The molecule has 4 N–H and O–H groups in total. The smallest absolute Gasteiger partial charge is 0.126 e. The Morgan fingerprint density at radius 3 is 2.55 bits per heavy atom. The summed E-state index contributed by atoms with van der Waals surface area (Å²) in [5.41, 5.74) is 7.61. The molecule has 1 unspecified atom stereocenters. The molecule has 1 atom stereocenters. The third-order valence-electron chi connectivity index (χ3n) is 8.78. The van der Waals surface area contributed by atoms with Gasteiger partial charge in [-0.15, -0.1) is 6.58 Å². The zero-order chi connectivity index (χ0) is 31.2. The first-order valence-electron chi connectivity index (χ1n) is 16.2. The van der Waals surface area contributed by atoms with Crippen LogP contribution in [0.5, 0.6) is 0 Å². The van der Waals surface area contributed by atoms with E-state index in [9.17, 15) is 4.39 Å². The topological polar surface area (TPSA) is 65.7 Å². The van der Waals surface area contributed by atoms with Crippen LogP contribution in [0.4, 0.5) is 4.39 Å². The maximum atomic E-state index is 14.0. The van der Waals surface area contributed by atoms with E-state index in [1.165, 1.54) is 51.6 Å². The summed E-state index contributed by atoms with van der Waals surface area (Å²) in [6.07, 6.45) is 15.6. The van der Waals surface area contributed by atoms with Crippen molar-refractivity contribution in [3.63, 3.8) is 0 Å². The molecule has 0 saturated carbocycles. The van der Waals surface area contributed by atoms with Crippen molar-refractivity contribution in [3.05, 3.63) is 59.0 Å². The van der Waals surface area contributed by atoms with Crippen LogP contribution in [-0.2, 0) is 12.8 Å².